The number of aromatic nitrogens is 3. The summed E-state index contributed by atoms with van der Waals surface area (Å²) in [5.74, 6) is 0.462. The Labute approximate surface area is 272 Å². The van der Waals surface area contributed by atoms with E-state index in [-0.39, 0.29) is 45.0 Å². The Morgan fingerprint density at radius 1 is 0.500 bits per heavy atom. The fourth-order valence-electron chi connectivity index (χ4n) is 5.25. The van der Waals surface area contributed by atoms with Crippen LogP contribution in [-0.4, -0.2) is 15.0 Å². The maximum atomic E-state index is 9.37. The predicted molar refractivity (Wildman–Crippen MR) is 182 cm³/mol. The molecule has 44 heavy (non-hydrogen) atoms. The number of benzene rings is 6. The molecule has 9 aromatic rings. The maximum Gasteiger partial charge on any atom is 0.165 e. The van der Waals surface area contributed by atoms with Crippen LogP contribution in [0.25, 0.3) is 87.4 Å². The highest BCUT2D eigenvalue weighted by atomic mass is 32.1. The lowest BCUT2D eigenvalue weighted by Gasteiger charge is -2.09. The molecule has 0 unspecified atom stereocenters. The zero-order valence-electron chi connectivity index (χ0n) is 33.6. The average Bonchev–Trinajstić information content (AvgIpc) is 3.80. The molecule has 0 aliphatic rings. The standard InChI is InChI=1S/C39H23N3OS/c1-3-10-24(11-4-1)26-19-21-33-32(22-26)28-20-18-27(23-34(28)43-33)38-40-37(25-12-5-2-6-13-25)41-39(42-38)31-16-9-15-30-29-14-7-8-17-35(29)44-36(30)31/h1-23H/i1D,3D,4D,10D,11D,18D,19D,20D,21D,22D,23D. The van der Waals surface area contributed by atoms with Crippen molar-refractivity contribution in [2.45, 2.75) is 0 Å². The summed E-state index contributed by atoms with van der Waals surface area (Å²) in [5.41, 5.74) is -0.275. The van der Waals surface area contributed by atoms with Crippen LogP contribution in [0.3, 0.4) is 0 Å². The SMILES string of the molecule is [2H]c1c([2H])c([2H])c(-c2c([2H])c([2H])c3oc4c([2H])c(-c5nc(-c6ccccc6)nc(-c6cccc7c6sc6ccccc67)n5)c([2H])c([2H])c4c3c2[2H])c([2H])c1[2H]. The number of rotatable bonds is 4. The fraction of sp³-hybridized carbons (Fsp3) is 0. The van der Waals surface area contributed by atoms with Crippen molar-refractivity contribution in [2.24, 2.45) is 0 Å². The van der Waals surface area contributed by atoms with Crippen LogP contribution in [0.1, 0.15) is 15.1 Å². The van der Waals surface area contributed by atoms with E-state index in [1.54, 1.807) is 11.3 Å². The Morgan fingerprint density at radius 3 is 2.14 bits per heavy atom. The fourth-order valence-corrected chi connectivity index (χ4v) is 6.46. The van der Waals surface area contributed by atoms with Crippen LogP contribution >= 0.6 is 11.3 Å². The van der Waals surface area contributed by atoms with Gasteiger partial charge >= 0.3 is 0 Å². The summed E-state index contributed by atoms with van der Waals surface area (Å²) >= 11 is 1.58. The van der Waals surface area contributed by atoms with Crippen molar-refractivity contribution in [1.29, 1.82) is 0 Å². The van der Waals surface area contributed by atoms with Crippen LogP contribution in [-0.2, 0) is 0 Å². The normalized spacial score (nSPS) is 15.1. The Bertz CT molecular complexity index is 3100. The molecule has 0 N–H and O–H groups in total. The molecule has 3 heterocycles. The molecule has 0 saturated carbocycles. The van der Waals surface area contributed by atoms with Crippen LogP contribution in [0.2, 0.25) is 0 Å². The van der Waals surface area contributed by atoms with Gasteiger partial charge < -0.3 is 4.42 Å². The summed E-state index contributed by atoms with van der Waals surface area (Å²) in [6, 6.07) is 16.5. The molecule has 4 nitrogen and oxygen atoms in total. The van der Waals surface area contributed by atoms with Gasteiger partial charge in [0.25, 0.3) is 0 Å². The third kappa shape index (κ3) is 4.09. The maximum absolute atomic E-state index is 9.37. The van der Waals surface area contributed by atoms with Gasteiger partial charge in [-0.15, -0.1) is 11.3 Å². The molecule has 0 saturated heterocycles. The molecule has 0 amide bonds. The number of fused-ring (bicyclic) bond motifs is 6. The highest BCUT2D eigenvalue weighted by Gasteiger charge is 2.17. The average molecular weight is 593 g/mol. The highest BCUT2D eigenvalue weighted by Crippen LogP contribution is 2.40. The van der Waals surface area contributed by atoms with Crippen molar-refractivity contribution in [3.8, 4) is 45.3 Å². The van der Waals surface area contributed by atoms with Crippen molar-refractivity contribution in [3.05, 3.63) is 139 Å². The summed E-state index contributed by atoms with van der Waals surface area (Å²) in [7, 11) is 0. The van der Waals surface area contributed by atoms with Crippen molar-refractivity contribution >= 4 is 53.4 Å². The lowest BCUT2D eigenvalue weighted by molar-refractivity contribution is 0.669. The summed E-state index contributed by atoms with van der Waals surface area (Å²) in [5, 5.41) is 1.71. The first-order chi connectivity index (χ1) is 26.4. The van der Waals surface area contributed by atoms with Crippen molar-refractivity contribution in [3.63, 3.8) is 0 Å². The quantitative estimate of drug-likeness (QED) is 0.204. The second-order valence-corrected chi connectivity index (χ2v) is 11.0. The number of hydrogen-bond donors (Lipinski definition) is 0. The molecular weight excluding hydrogens is 559 g/mol. The first kappa shape index (κ1) is 16.3. The van der Waals surface area contributed by atoms with Gasteiger partial charge in [-0.2, -0.15) is 0 Å². The van der Waals surface area contributed by atoms with Crippen molar-refractivity contribution in [1.82, 2.24) is 15.0 Å². The van der Waals surface area contributed by atoms with Gasteiger partial charge in [0.2, 0.25) is 0 Å². The third-order valence-electron chi connectivity index (χ3n) is 7.30. The number of nitrogens with zero attached hydrogens (tertiary/aromatic N) is 3. The zero-order chi connectivity index (χ0) is 38.6. The molecule has 9 rings (SSSR count). The van der Waals surface area contributed by atoms with Gasteiger partial charge in [-0.1, -0.05) is 103 Å². The van der Waals surface area contributed by atoms with E-state index in [2.05, 4.69) is 0 Å². The molecule has 206 valence electrons. The van der Waals surface area contributed by atoms with Crippen LogP contribution < -0.4 is 0 Å². The number of furan rings is 1. The van der Waals surface area contributed by atoms with Gasteiger partial charge in [-0.05, 0) is 47.4 Å². The summed E-state index contributed by atoms with van der Waals surface area (Å²) in [6.45, 7) is 0. The minimum Gasteiger partial charge on any atom is -0.456 e. The highest BCUT2D eigenvalue weighted by molar-refractivity contribution is 7.26. The predicted octanol–water partition coefficient (Wildman–Crippen LogP) is 10.8. The van der Waals surface area contributed by atoms with E-state index in [4.69, 9.17) is 29.0 Å². The molecule has 0 bridgehead atoms. The van der Waals surface area contributed by atoms with Crippen LogP contribution in [0, 0.1) is 0 Å². The van der Waals surface area contributed by atoms with Gasteiger partial charge in [0.05, 0.1) is 15.1 Å². The van der Waals surface area contributed by atoms with E-state index in [0.717, 1.165) is 20.2 Å². The van der Waals surface area contributed by atoms with Crippen LogP contribution in [0.4, 0.5) is 0 Å². The summed E-state index contributed by atoms with van der Waals surface area (Å²) in [4.78, 5) is 14.4. The largest absolute Gasteiger partial charge is 0.456 e. The Kier molecular flexibility index (Phi) is 3.69. The molecule has 0 aliphatic carbocycles. The van der Waals surface area contributed by atoms with Crippen LogP contribution in [0.15, 0.2) is 144 Å². The van der Waals surface area contributed by atoms with Gasteiger partial charge in [-0.25, -0.2) is 15.0 Å². The smallest absolute Gasteiger partial charge is 0.165 e. The molecule has 0 fully saturated rings. The monoisotopic (exact) mass is 592 g/mol. The van der Waals surface area contributed by atoms with Gasteiger partial charge in [-0.3, -0.25) is 0 Å². The Hall–Kier alpha value is -5.65. The Morgan fingerprint density at radius 2 is 1.25 bits per heavy atom. The molecule has 6 aromatic carbocycles. The summed E-state index contributed by atoms with van der Waals surface area (Å²) in [6.07, 6.45) is 0. The van der Waals surface area contributed by atoms with Crippen molar-refractivity contribution in [2.75, 3.05) is 0 Å². The number of thiophene rings is 1. The van der Waals surface area contributed by atoms with E-state index < -0.39 is 77.6 Å². The second-order valence-electron chi connectivity index (χ2n) is 9.96. The van der Waals surface area contributed by atoms with E-state index in [9.17, 15) is 5.48 Å². The minimum absolute atomic E-state index is 0.0778. The lowest BCUT2D eigenvalue weighted by Crippen LogP contribution is -2.00. The van der Waals surface area contributed by atoms with E-state index >= 15 is 0 Å². The third-order valence-corrected chi connectivity index (χ3v) is 8.52. The molecule has 3 aromatic heterocycles. The molecule has 0 aliphatic heterocycles. The lowest BCUT2D eigenvalue weighted by atomic mass is 10.0. The summed E-state index contributed by atoms with van der Waals surface area (Å²) < 4.78 is 104. The Balaban J connectivity index is 1.33. The number of hydrogen-bond acceptors (Lipinski definition) is 5. The van der Waals surface area contributed by atoms with E-state index in [1.165, 1.54) is 0 Å². The van der Waals surface area contributed by atoms with Gasteiger partial charge in [0.15, 0.2) is 17.5 Å². The van der Waals surface area contributed by atoms with Crippen LogP contribution in [0.5, 0.6) is 0 Å². The molecule has 0 atom stereocenters. The van der Waals surface area contributed by atoms with E-state index in [1.807, 2.05) is 72.8 Å². The molecular formula is C39H23N3OS. The van der Waals surface area contributed by atoms with E-state index in [0.29, 0.717) is 11.1 Å². The molecule has 0 spiro atoms. The first-order valence-electron chi connectivity index (χ1n) is 19.1. The van der Waals surface area contributed by atoms with Gasteiger partial charge in [0, 0.05) is 47.6 Å². The topological polar surface area (TPSA) is 51.8 Å². The second kappa shape index (κ2) is 9.97. The molecule has 5 heteroatoms. The zero-order valence-corrected chi connectivity index (χ0v) is 23.4. The van der Waals surface area contributed by atoms with Gasteiger partial charge in [0.1, 0.15) is 11.2 Å². The molecule has 0 radical (unpaired) electrons. The minimum atomic E-state index is -0.679. The van der Waals surface area contributed by atoms with Crippen molar-refractivity contribution < 1.29 is 19.5 Å². The first-order valence-corrected chi connectivity index (χ1v) is 14.5.